The zero-order valence-electron chi connectivity index (χ0n) is 15.3. The average Bonchev–Trinajstić information content (AvgIpc) is 2.54. The Kier molecular flexibility index (Phi) is 5.88. The molecule has 1 aromatic carbocycles. The number of alkyl halides is 3. The number of benzene rings is 1. The van der Waals surface area contributed by atoms with Crippen molar-refractivity contribution in [3.8, 4) is 0 Å². The van der Waals surface area contributed by atoms with Gasteiger partial charge in [0.25, 0.3) is 0 Å². The van der Waals surface area contributed by atoms with E-state index >= 15 is 0 Å². The molecule has 152 valence electrons. The van der Waals surface area contributed by atoms with Crippen LogP contribution >= 0.6 is 0 Å². The molecule has 1 aromatic heterocycles. The molecule has 1 heterocycles. The molecule has 28 heavy (non-hydrogen) atoms. The molecule has 0 aliphatic carbocycles. The van der Waals surface area contributed by atoms with Crippen molar-refractivity contribution < 1.29 is 26.4 Å². The van der Waals surface area contributed by atoms with E-state index in [-0.39, 0.29) is 17.1 Å². The number of aromatic nitrogens is 1. The van der Waals surface area contributed by atoms with Crippen molar-refractivity contribution in [1.29, 1.82) is 0 Å². The molecule has 0 radical (unpaired) electrons. The van der Waals surface area contributed by atoms with Gasteiger partial charge in [0.15, 0.2) is 0 Å². The van der Waals surface area contributed by atoms with Gasteiger partial charge in [-0.3, -0.25) is 14.5 Å². The zero-order chi connectivity index (χ0) is 21.2. The fourth-order valence-electron chi connectivity index (χ4n) is 2.08. The van der Waals surface area contributed by atoms with Gasteiger partial charge in [-0.25, -0.2) is 0 Å². The Hall–Kier alpha value is -2.82. The second-order valence-electron chi connectivity index (χ2n) is 6.89. The molecule has 0 saturated carbocycles. The number of amides is 1. The molecule has 0 atom stereocenters. The molecule has 0 fully saturated rings. The van der Waals surface area contributed by atoms with Crippen LogP contribution < -0.4 is 15.4 Å². The summed E-state index contributed by atoms with van der Waals surface area (Å²) in [6.07, 6.45) is -2.06. The summed E-state index contributed by atoms with van der Waals surface area (Å²) in [6.45, 7) is 4.85. The molecule has 7 nitrogen and oxygen atoms in total. The van der Waals surface area contributed by atoms with Crippen molar-refractivity contribution in [2.45, 2.75) is 32.5 Å². The van der Waals surface area contributed by atoms with Crippen LogP contribution in [0.15, 0.2) is 42.7 Å². The molecule has 0 saturated heterocycles. The lowest BCUT2D eigenvalue weighted by atomic mass is 10.1. The maximum atomic E-state index is 12.9. The second kappa shape index (κ2) is 7.66. The van der Waals surface area contributed by atoms with Crippen molar-refractivity contribution in [2.24, 2.45) is 0 Å². The van der Waals surface area contributed by atoms with Gasteiger partial charge in [-0.15, -0.1) is 0 Å². The van der Waals surface area contributed by atoms with E-state index in [2.05, 4.69) is 20.3 Å². The summed E-state index contributed by atoms with van der Waals surface area (Å²) < 4.78 is 65.1. The predicted octanol–water partition coefficient (Wildman–Crippen LogP) is 4.09. The number of carbonyl (C=O) groups is 1. The van der Waals surface area contributed by atoms with E-state index in [1.54, 1.807) is 20.8 Å². The molecular weight excluding hydrogens is 397 g/mol. The fraction of sp³-hybridized carbons (Fsp3) is 0.294. The van der Waals surface area contributed by atoms with Crippen molar-refractivity contribution in [3.63, 3.8) is 0 Å². The Morgan fingerprint density at radius 3 is 2.36 bits per heavy atom. The number of pyridine rings is 1. The van der Waals surface area contributed by atoms with Gasteiger partial charge in [-0.2, -0.15) is 21.6 Å². The van der Waals surface area contributed by atoms with E-state index in [1.807, 2.05) is 0 Å². The highest BCUT2D eigenvalue weighted by molar-refractivity contribution is 8.07. The van der Waals surface area contributed by atoms with Crippen molar-refractivity contribution in [2.75, 3.05) is 10.0 Å². The topological polar surface area (TPSA) is 100 Å². The van der Waals surface area contributed by atoms with E-state index in [0.29, 0.717) is 0 Å². The van der Waals surface area contributed by atoms with Crippen LogP contribution in [0.25, 0.3) is 0 Å². The van der Waals surface area contributed by atoms with Gasteiger partial charge in [0.1, 0.15) is 0 Å². The van der Waals surface area contributed by atoms with Crippen molar-refractivity contribution in [3.05, 3.63) is 48.3 Å². The molecule has 3 N–H and O–H groups in total. The third-order valence-electron chi connectivity index (χ3n) is 3.26. The molecule has 0 aliphatic heterocycles. The first-order valence-electron chi connectivity index (χ1n) is 8.01. The first-order valence-corrected chi connectivity index (χ1v) is 9.49. The smallest absolute Gasteiger partial charge is 0.354 e. The van der Waals surface area contributed by atoms with Crippen LogP contribution in [0, 0.1) is 0 Å². The molecule has 0 bridgehead atoms. The highest BCUT2D eigenvalue weighted by Gasteiger charge is 2.30. The number of rotatable bonds is 4. The molecule has 1 amide bonds. The number of halogens is 3. The number of nitrogens with one attached hydrogen (secondary N) is 3. The number of sulfonamides is 1. The van der Waals surface area contributed by atoms with Crippen LogP contribution in [0.2, 0.25) is 0 Å². The van der Waals surface area contributed by atoms with Crippen molar-refractivity contribution in [1.82, 2.24) is 10.3 Å². The van der Waals surface area contributed by atoms with Crippen LogP contribution in [-0.4, -0.2) is 24.2 Å². The first-order chi connectivity index (χ1) is 12.8. The summed E-state index contributed by atoms with van der Waals surface area (Å²) in [5.74, 6) is 0. The summed E-state index contributed by atoms with van der Waals surface area (Å²) in [4.78, 5) is 15.8. The second-order valence-corrected chi connectivity index (χ2v) is 8.47. The first kappa shape index (κ1) is 21.5. The Balaban J connectivity index is 2.28. The van der Waals surface area contributed by atoms with Crippen LogP contribution in [-0.2, 0) is 16.2 Å². The van der Waals surface area contributed by atoms with Gasteiger partial charge in [0.2, 0.25) is 0 Å². The maximum Gasteiger partial charge on any atom is 0.416 e. The lowest BCUT2D eigenvalue weighted by Crippen LogP contribution is -2.45. The van der Waals surface area contributed by atoms with Crippen LogP contribution in [0.1, 0.15) is 26.3 Å². The van der Waals surface area contributed by atoms with Crippen LogP contribution in [0.4, 0.5) is 35.0 Å². The molecule has 2 rings (SSSR count). The Bertz CT molecular complexity index is 970. The molecule has 0 spiro atoms. The van der Waals surface area contributed by atoms with Gasteiger partial charge in [0.05, 0.1) is 23.1 Å². The summed E-state index contributed by atoms with van der Waals surface area (Å²) in [6, 6.07) is 5.76. The summed E-state index contributed by atoms with van der Waals surface area (Å²) in [5, 5.41) is 3.77. The maximum absolute atomic E-state index is 12.9. The standard InChI is InChI=1S/C17H19F3N4O3S/c1-16(2,3)23-15(25)28(26,27)24-14-10-21-8-7-13(14)22-12-6-4-5-11(9-12)17(18,19)20/h4-10,24H,1-3H3,(H,21,22)(H,23,25). The SMILES string of the molecule is CC(C)(C)NC(=O)S(=O)(=O)Nc1cnccc1Nc1cccc(C(F)(F)F)c1. The number of nitrogens with zero attached hydrogens (tertiary/aromatic N) is 1. The highest BCUT2D eigenvalue weighted by atomic mass is 32.2. The Morgan fingerprint density at radius 1 is 1.07 bits per heavy atom. The fourth-order valence-corrected chi connectivity index (χ4v) is 3.06. The molecule has 0 aliphatic rings. The van der Waals surface area contributed by atoms with Crippen LogP contribution in [0.5, 0.6) is 0 Å². The lowest BCUT2D eigenvalue weighted by Gasteiger charge is -2.21. The van der Waals surface area contributed by atoms with Crippen molar-refractivity contribution >= 4 is 32.3 Å². The van der Waals surface area contributed by atoms with E-state index in [9.17, 15) is 26.4 Å². The lowest BCUT2D eigenvalue weighted by molar-refractivity contribution is -0.137. The third-order valence-corrected chi connectivity index (χ3v) is 4.33. The minimum Gasteiger partial charge on any atom is -0.354 e. The Morgan fingerprint density at radius 2 is 1.75 bits per heavy atom. The highest BCUT2D eigenvalue weighted by Crippen LogP contribution is 2.32. The Labute approximate surface area is 160 Å². The minimum atomic E-state index is -4.52. The summed E-state index contributed by atoms with van der Waals surface area (Å²) in [7, 11) is -4.45. The molecular formula is C17H19F3N4O3S. The number of hydrogen-bond acceptors (Lipinski definition) is 5. The average molecular weight is 416 g/mol. The predicted molar refractivity (Wildman–Crippen MR) is 99.8 cm³/mol. The molecule has 2 aromatic rings. The third kappa shape index (κ3) is 5.84. The normalized spacial score (nSPS) is 12.4. The van der Waals surface area contributed by atoms with Gasteiger partial charge in [-0.05, 0) is 45.0 Å². The number of anilines is 3. The summed E-state index contributed by atoms with van der Waals surface area (Å²) >= 11 is 0. The monoisotopic (exact) mass is 416 g/mol. The number of carbonyl (C=O) groups excluding carboxylic acids is 1. The van der Waals surface area contributed by atoms with E-state index in [4.69, 9.17) is 0 Å². The van der Waals surface area contributed by atoms with Gasteiger partial charge >= 0.3 is 21.4 Å². The largest absolute Gasteiger partial charge is 0.416 e. The zero-order valence-corrected chi connectivity index (χ0v) is 16.1. The minimum absolute atomic E-state index is 0.0839. The molecule has 11 heteroatoms. The van der Waals surface area contributed by atoms with Gasteiger partial charge < -0.3 is 10.6 Å². The molecule has 0 unspecified atom stereocenters. The summed E-state index contributed by atoms with van der Waals surface area (Å²) in [5.41, 5.74) is -1.52. The van der Waals surface area contributed by atoms with E-state index < -0.39 is 32.5 Å². The van der Waals surface area contributed by atoms with E-state index in [1.165, 1.54) is 24.4 Å². The van der Waals surface area contributed by atoms with Gasteiger partial charge in [-0.1, -0.05) is 6.07 Å². The van der Waals surface area contributed by atoms with Crippen LogP contribution in [0.3, 0.4) is 0 Å². The number of hydrogen-bond donors (Lipinski definition) is 3. The van der Waals surface area contributed by atoms with Gasteiger partial charge in [0, 0.05) is 17.4 Å². The quantitative estimate of drug-likeness (QED) is 0.697. The van der Waals surface area contributed by atoms with E-state index in [0.717, 1.165) is 18.3 Å².